The molecule has 0 atom stereocenters. The summed E-state index contributed by atoms with van der Waals surface area (Å²) in [7, 11) is 3.22. The van der Waals surface area contributed by atoms with Crippen LogP contribution in [-0.2, 0) is 11.3 Å². The van der Waals surface area contributed by atoms with Crippen molar-refractivity contribution < 1.29 is 14.3 Å². The standard InChI is InChI=1S/C22H28N2O3/c1-26-20-9-8-17(14-21(20)27-2)15-23-22(25)16-24-12-10-19(11-13-24)18-6-4-3-5-7-18/h3-9,14,19H,10-13,15-16H2,1-2H3,(H,23,25). The number of nitrogens with zero attached hydrogens (tertiary/aromatic N) is 1. The van der Waals surface area contributed by atoms with Gasteiger partial charge in [0.05, 0.1) is 20.8 Å². The molecule has 1 aliphatic rings. The predicted octanol–water partition coefficient (Wildman–Crippen LogP) is 3.20. The number of carbonyl (C=O) groups is 1. The smallest absolute Gasteiger partial charge is 0.234 e. The quantitative estimate of drug-likeness (QED) is 0.815. The van der Waals surface area contributed by atoms with Gasteiger partial charge in [-0.1, -0.05) is 36.4 Å². The predicted molar refractivity (Wildman–Crippen MR) is 106 cm³/mol. The van der Waals surface area contributed by atoms with Crippen LogP contribution in [0.3, 0.4) is 0 Å². The highest BCUT2D eigenvalue weighted by atomic mass is 16.5. The normalized spacial score (nSPS) is 15.3. The molecule has 27 heavy (non-hydrogen) atoms. The molecule has 144 valence electrons. The molecule has 2 aromatic carbocycles. The molecular weight excluding hydrogens is 340 g/mol. The van der Waals surface area contributed by atoms with Gasteiger partial charge in [-0.3, -0.25) is 9.69 Å². The van der Waals surface area contributed by atoms with E-state index in [-0.39, 0.29) is 5.91 Å². The number of amides is 1. The van der Waals surface area contributed by atoms with Crippen LogP contribution >= 0.6 is 0 Å². The van der Waals surface area contributed by atoms with Crippen LogP contribution in [-0.4, -0.2) is 44.7 Å². The second-order valence-corrected chi connectivity index (χ2v) is 6.93. The molecule has 0 saturated carbocycles. The van der Waals surface area contributed by atoms with Gasteiger partial charge < -0.3 is 14.8 Å². The Hall–Kier alpha value is -2.53. The van der Waals surface area contributed by atoms with E-state index in [0.29, 0.717) is 30.5 Å². The average molecular weight is 368 g/mol. The summed E-state index contributed by atoms with van der Waals surface area (Å²) in [6.07, 6.45) is 2.21. The summed E-state index contributed by atoms with van der Waals surface area (Å²) in [5, 5.41) is 3.00. The number of likely N-dealkylation sites (tertiary alicyclic amines) is 1. The van der Waals surface area contributed by atoms with Crippen molar-refractivity contribution in [2.45, 2.75) is 25.3 Å². The fourth-order valence-corrected chi connectivity index (χ4v) is 3.60. The molecule has 0 bridgehead atoms. The van der Waals surface area contributed by atoms with Gasteiger partial charge >= 0.3 is 0 Å². The number of ether oxygens (including phenoxy) is 2. The van der Waals surface area contributed by atoms with Crippen molar-refractivity contribution in [3.8, 4) is 11.5 Å². The number of rotatable bonds is 7. The summed E-state index contributed by atoms with van der Waals surface area (Å²) in [6, 6.07) is 16.4. The number of hydrogen-bond donors (Lipinski definition) is 1. The highest BCUT2D eigenvalue weighted by Crippen LogP contribution is 2.28. The average Bonchev–Trinajstić information content (AvgIpc) is 2.73. The number of nitrogens with one attached hydrogen (secondary N) is 1. The van der Waals surface area contributed by atoms with Crippen LogP contribution in [0.1, 0.15) is 29.9 Å². The van der Waals surface area contributed by atoms with Crippen LogP contribution in [0.4, 0.5) is 0 Å². The number of carbonyl (C=O) groups excluding carboxylic acids is 1. The Balaban J connectivity index is 1.44. The van der Waals surface area contributed by atoms with Gasteiger partial charge in [0, 0.05) is 6.54 Å². The number of benzene rings is 2. The molecule has 0 aliphatic carbocycles. The summed E-state index contributed by atoms with van der Waals surface area (Å²) in [4.78, 5) is 14.5. The molecule has 1 heterocycles. The number of methoxy groups -OCH3 is 2. The van der Waals surface area contributed by atoms with Gasteiger partial charge in [-0.25, -0.2) is 0 Å². The molecule has 5 heteroatoms. The zero-order valence-corrected chi connectivity index (χ0v) is 16.1. The Morgan fingerprint density at radius 3 is 2.41 bits per heavy atom. The molecule has 1 fully saturated rings. The lowest BCUT2D eigenvalue weighted by Gasteiger charge is -2.31. The van der Waals surface area contributed by atoms with Gasteiger partial charge in [0.25, 0.3) is 0 Å². The van der Waals surface area contributed by atoms with Gasteiger partial charge in [0.1, 0.15) is 0 Å². The monoisotopic (exact) mass is 368 g/mol. The topological polar surface area (TPSA) is 50.8 Å². The molecule has 3 rings (SSSR count). The Kier molecular flexibility index (Phi) is 6.71. The van der Waals surface area contributed by atoms with Crippen molar-refractivity contribution in [3.05, 3.63) is 59.7 Å². The van der Waals surface area contributed by atoms with E-state index in [2.05, 4.69) is 40.5 Å². The Morgan fingerprint density at radius 1 is 1.04 bits per heavy atom. The first-order valence-electron chi connectivity index (χ1n) is 9.44. The van der Waals surface area contributed by atoms with Gasteiger partial charge in [-0.15, -0.1) is 0 Å². The highest BCUT2D eigenvalue weighted by molar-refractivity contribution is 5.78. The van der Waals surface area contributed by atoms with E-state index < -0.39 is 0 Å². The summed E-state index contributed by atoms with van der Waals surface area (Å²) < 4.78 is 10.5. The first kappa shape index (κ1) is 19.2. The SMILES string of the molecule is COc1ccc(CNC(=O)CN2CCC(c3ccccc3)CC2)cc1OC. The molecule has 0 unspecified atom stereocenters. The zero-order valence-electron chi connectivity index (χ0n) is 16.1. The molecule has 1 saturated heterocycles. The van der Waals surface area contributed by atoms with E-state index in [1.54, 1.807) is 14.2 Å². The second kappa shape index (κ2) is 9.42. The minimum absolute atomic E-state index is 0.0583. The molecule has 0 radical (unpaired) electrons. The molecule has 1 amide bonds. The summed E-state index contributed by atoms with van der Waals surface area (Å²) in [5.74, 6) is 2.03. The summed E-state index contributed by atoms with van der Waals surface area (Å²) in [5.41, 5.74) is 2.40. The fourth-order valence-electron chi connectivity index (χ4n) is 3.60. The van der Waals surface area contributed by atoms with E-state index in [1.165, 1.54) is 5.56 Å². The lowest BCUT2D eigenvalue weighted by atomic mass is 9.89. The van der Waals surface area contributed by atoms with Crippen molar-refractivity contribution >= 4 is 5.91 Å². The lowest BCUT2D eigenvalue weighted by Crippen LogP contribution is -2.41. The fraction of sp³-hybridized carbons (Fsp3) is 0.409. The van der Waals surface area contributed by atoms with E-state index in [1.807, 2.05) is 18.2 Å². The molecule has 1 N–H and O–H groups in total. The molecule has 5 nitrogen and oxygen atoms in total. The van der Waals surface area contributed by atoms with Crippen molar-refractivity contribution in [1.29, 1.82) is 0 Å². The van der Waals surface area contributed by atoms with Crippen LogP contribution < -0.4 is 14.8 Å². The maximum absolute atomic E-state index is 12.3. The molecular formula is C22H28N2O3. The minimum Gasteiger partial charge on any atom is -0.493 e. The second-order valence-electron chi connectivity index (χ2n) is 6.93. The van der Waals surface area contributed by atoms with Crippen LogP contribution in [0.15, 0.2) is 48.5 Å². The summed E-state index contributed by atoms with van der Waals surface area (Å²) >= 11 is 0. The van der Waals surface area contributed by atoms with Gasteiger partial charge in [-0.05, 0) is 55.1 Å². The van der Waals surface area contributed by atoms with Crippen molar-refractivity contribution in [3.63, 3.8) is 0 Å². The van der Waals surface area contributed by atoms with Crippen LogP contribution in [0.5, 0.6) is 11.5 Å². The van der Waals surface area contributed by atoms with E-state index in [9.17, 15) is 4.79 Å². The van der Waals surface area contributed by atoms with E-state index >= 15 is 0 Å². The molecule has 0 spiro atoms. The number of hydrogen-bond acceptors (Lipinski definition) is 4. The molecule has 1 aliphatic heterocycles. The Morgan fingerprint density at radius 2 is 1.74 bits per heavy atom. The van der Waals surface area contributed by atoms with E-state index in [0.717, 1.165) is 31.5 Å². The number of piperidine rings is 1. The summed E-state index contributed by atoms with van der Waals surface area (Å²) in [6.45, 7) is 2.86. The van der Waals surface area contributed by atoms with Crippen molar-refractivity contribution in [2.75, 3.05) is 33.9 Å². The third kappa shape index (κ3) is 5.23. The zero-order chi connectivity index (χ0) is 19.1. The van der Waals surface area contributed by atoms with Crippen LogP contribution in [0, 0.1) is 0 Å². The molecule has 0 aromatic heterocycles. The largest absolute Gasteiger partial charge is 0.493 e. The van der Waals surface area contributed by atoms with Crippen molar-refractivity contribution in [1.82, 2.24) is 10.2 Å². The van der Waals surface area contributed by atoms with Gasteiger partial charge in [0.15, 0.2) is 11.5 Å². The Labute approximate surface area is 161 Å². The lowest BCUT2D eigenvalue weighted by molar-refractivity contribution is -0.122. The minimum atomic E-state index is 0.0583. The van der Waals surface area contributed by atoms with Crippen LogP contribution in [0.25, 0.3) is 0 Å². The molecule has 2 aromatic rings. The maximum atomic E-state index is 12.3. The maximum Gasteiger partial charge on any atom is 0.234 e. The third-order valence-electron chi connectivity index (χ3n) is 5.16. The van der Waals surface area contributed by atoms with Gasteiger partial charge in [-0.2, -0.15) is 0 Å². The highest BCUT2D eigenvalue weighted by Gasteiger charge is 2.21. The first-order valence-corrected chi connectivity index (χ1v) is 9.44. The van der Waals surface area contributed by atoms with E-state index in [4.69, 9.17) is 9.47 Å². The Bertz CT molecular complexity index is 740. The first-order chi connectivity index (χ1) is 13.2. The third-order valence-corrected chi connectivity index (χ3v) is 5.16. The van der Waals surface area contributed by atoms with Crippen molar-refractivity contribution in [2.24, 2.45) is 0 Å². The van der Waals surface area contributed by atoms with Gasteiger partial charge in [0.2, 0.25) is 5.91 Å². The van der Waals surface area contributed by atoms with Crippen LogP contribution in [0.2, 0.25) is 0 Å².